The Balaban J connectivity index is 1.95. The van der Waals surface area contributed by atoms with Crippen LogP contribution in [-0.2, 0) is 4.79 Å². The lowest BCUT2D eigenvalue weighted by molar-refractivity contribution is -0.131. The molecule has 7 heteroatoms. The quantitative estimate of drug-likeness (QED) is 0.214. The van der Waals surface area contributed by atoms with E-state index in [2.05, 4.69) is 16.9 Å². The number of carboxylic acids is 1. The highest BCUT2D eigenvalue weighted by Crippen LogP contribution is 2.39. The molecule has 1 unspecified atom stereocenters. The van der Waals surface area contributed by atoms with Crippen LogP contribution in [0.1, 0.15) is 53.0 Å². The maximum atomic E-state index is 14.4. The van der Waals surface area contributed by atoms with Crippen LogP contribution in [0.2, 0.25) is 5.02 Å². The summed E-state index contributed by atoms with van der Waals surface area (Å²) in [5.74, 6) is -1.02. The number of nitriles is 1. The van der Waals surface area contributed by atoms with Crippen LogP contribution in [0.3, 0.4) is 0 Å². The number of hydrogen-bond acceptors (Lipinski definition) is 4. The van der Waals surface area contributed by atoms with Gasteiger partial charge in [0.15, 0.2) is 6.30 Å². The molecule has 170 valence electrons. The molecule has 0 aromatic heterocycles. The zero-order chi connectivity index (χ0) is 24.2. The standard InChI is InChI=1S/C27H21ClFN3O2/c1-2-21(22-10-9-20(28)13-19(22)15-30)26(17-6-3-16(4-7-17)5-12-25(33)34)18-8-11-24-23(14-18)27(29)32-31-24/h3-14,27,31-32H,2H2,1H3,(H,33,34)/b12-5+,26-21+. The predicted molar refractivity (Wildman–Crippen MR) is 133 cm³/mol. The van der Waals surface area contributed by atoms with Gasteiger partial charge in [-0.1, -0.05) is 54.9 Å². The second kappa shape index (κ2) is 9.92. The topological polar surface area (TPSA) is 85.2 Å². The highest BCUT2D eigenvalue weighted by Gasteiger charge is 2.23. The molecule has 1 atom stereocenters. The number of hydrazine groups is 1. The Kier molecular flexibility index (Phi) is 6.78. The van der Waals surface area contributed by atoms with Gasteiger partial charge in [0.2, 0.25) is 0 Å². The summed E-state index contributed by atoms with van der Waals surface area (Å²) in [6.07, 6.45) is 1.87. The van der Waals surface area contributed by atoms with Crippen molar-refractivity contribution in [3.63, 3.8) is 0 Å². The number of anilines is 1. The van der Waals surface area contributed by atoms with E-state index in [9.17, 15) is 14.4 Å². The molecular weight excluding hydrogens is 453 g/mol. The molecule has 1 heterocycles. The summed E-state index contributed by atoms with van der Waals surface area (Å²) in [6, 6.07) is 20.4. The van der Waals surface area contributed by atoms with Crippen molar-refractivity contribution >= 4 is 40.5 Å². The second-order valence-electron chi connectivity index (χ2n) is 7.74. The largest absolute Gasteiger partial charge is 0.478 e. The molecule has 1 aliphatic rings. The molecule has 0 spiro atoms. The molecule has 0 aliphatic carbocycles. The molecule has 4 rings (SSSR count). The van der Waals surface area contributed by atoms with Gasteiger partial charge in [0.1, 0.15) is 0 Å². The number of nitrogens with one attached hydrogen (secondary N) is 2. The Morgan fingerprint density at radius 1 is 1.15 bits per heavy atom. The fourth-order valence-corrected chi connectivity index (χ4v) is 4.25. The van der Waals surface area contributed by atoms with E-state index in [0.717, 1.165) is 39.5 Å². The van der Waals surface area contributed by atoms with Crippen LogP contribution in [0.4, 0.5) is 10.1 Å². The minimum absolute atomic E-state index is 0.454. The van der Waals surface area contributed by atoms with Crippen LogP contribution in [0.15, 0.2) is 66.7 Å². The van der Waals surface area contributed by atoms with Gasteiger partial charge in [-0.2, -0.15) is 5.26 Å². The van der Waals surface area contributed by atoms with Gasteiger partial charge in [0.25, 0.3) is 0 Å². The average Bonchev–Trinajstić information content (AvgIpc) is 3.21. The first-order chi connectivity index (χ1) is 16.4. The van der Waals surface area contributed by atoms with Crippen molar-refractivity contribution in [3.05, 3.63) is 105 Å². The number of carboxylic acid groups (broad SMARTS) is 1. The first-order valence-corrected chi connectivity index (χ1v) is 11.0. The molecule has 0 amide bonds. The lowest BCUT2D eigenvalue weighted by Crippen LogP contribution is -2.14. The monoisotopic (exact) mass is 473 g/mol. The summed E-state index contributed by atoms with van der Waals surface area (Å²) in [5.41, 5.74) is 12.0. The minimum atomic E-state index is -1.34. The maximum absolute atomic E-state index is 14.4. The van der Waals surface area contributed by atoms with E-state index >= 15 is 0 Å². The number of allylic oxidation sites excluding steroid dienone is 1. The van der Waals surface area contributed by atoms with Crippen molar-refractivity contribution in [2.45, 2.75) is 19.6 Å². The smallest absolute Gasteiger partial charge is 0.328 e. The minimum Gasteiger partial charge on any atom is -0.478 e. The zero-order valence-electron chi connectivity index (χ0n) is 18.3. The molecular formula is C27H21ClFN3O2. The number of nitrogens with zero attached hydrogens (tertiary/aromatic N) is 1. The second-order valence-corrected chi connectivity index (χ2v) is 8.17. The summed E-state index contributed by atoms with van der Waals surface area (Å²) in [5, 5.41) is 19.1. The SMILES string of the molecule is CC/C(=C(/c1ccc(/C=C/C(=O)O)cc1)c1ccc2c(c1)C(F)NN2)c1ccc(Cl)cc1C#N. The number of carbonyl (C=O) groups is 1. The normalized spacial score (nSPS) is 15.4. The van der Waals surface area contributed by atoms with E-state index in [-0.39, 0.29) is 0 Å². The number of hydrogen-bond donors (Lipinski definition) is 3. The third-order valence-corrected chi connectivity index (χ3v) is 5.88. The highest BCUT2D eigenvalue weighted by atomic mass is 35.5. The van der Waals surface area contributed by atoms with Crippen molar-refractivity contribution in [1.29, 1.82) is 5.26 Å². The number of rotatable bonds is 6. The molecule has 3 N–H and O–H groups in total. The molecule has 34 heavy (non-hydrogen) atoms. The summed E-state index contributed by atoms with van der Waals surface area (Å²) in [6.45, 7) is 2.00. The maximum Gasteiger partial charge on any atom is 0.328 e. The average molecular weight is 474 g/mol. The molecule has 0 radical (unpaired) electrons. The van der Waals surface area contributed by atoms with Gasteiger partial charge in [-0.15, -0.1) is 0 Å². The molecule has 3 aromatic rings. The lowest BCUT2D eigenvalue weighted by Gasteiger charge is -2.18. The molecule has 0 fully saturated rings. The Bertz CT molecular complexity index is 1360. The summed E-state index contributed by atoms with van der Waals surface area (Å²) < 4.78 is 14.4. The lowest BCUT2D eigenvalue weighted by atomic mass is 9.85. The summed E-state index contributed by atoms with van der Waals surface area (Å²) in [4.78, 5) is 10.9. The van der Waals surface area contributed by atoms with Crippen LogP contribution in [0.25, 0.3) is 17.2 Å². The van der Waals surface area contributed by atoms with Gasteiger partial charge in [0, 0.05) is 16.7 Å². The third-order valence-electron chi connectivity index (χ3n) is 5.65. The van der Waals surface area contributed by atoms with Crippen molar-refractivity contribution in [2.24, 2.45) is 0 Å². The Hall–Kier alpha value is -3.92. The number of benzene rings is 3. The fraction of sp³-hybridized carbons (Fsp3) is 0.111. The Labute approximate surface area is 201 Å². The third kappa shape index (κ3) is 4.72. The number of halogens is 2. The first kappa shape index (κ1) is 23.2. The molecule has 1 aliphatic heterocycles. The number of aliphatic carboxylic acids is 1. The Morgan fingerprint density at radius 3 is 2.56 bits per heavy atom. The van der Waals surface area contributed by atoms with Gasteiger partial charge in [-0.3, -0.25) is 0 Å². The van der Waals surface area contributed by atoms with E-state index in [4.69, 9.17) is 16.7 Å². The molecule has 0 saturated heterocycles. The van der Waals surface area contributed by atoms with Crippen LogP contribution in [0.5, 0.6) is 0 Å². The summed E-state index contributed by atoms with van der Waals surface area (Å²) >= 11 is 6.14. The van der Waals surface area contributed by atoms with Crippen molar-refractivity contribution in [2.75, 3.05) is 5.43 Å². The van der Waals surface area contributed by atoms with Crippen LogP contribution in [-0.4, -0.2) is 11.1 Å². The summed E-state index contributed by atoms with van der Waals surface area (Å²) in [7, 11) is 0. The zero-order valence-corrected chi connectivity index (χ0v) is 19.0. The highest BCUT2D eigenvalue weighted by molar-refractivity contribution is 6.30. The van der Waals surface area contributed by atoms with Gasteiger partial charge in [0.05, 0.1) is 17.3 Å². The van der Waals surface area contributed by atoms with Crippen LogP contribution < -0.4 is 10.9 Å². The van der Waals surface area contributed by atoms with E-state index in [1.165, 1.54) is 6.08 Å². The van der Waals surface area contributed by atoms with Crippen molar-refractivity contribution in [3.8, 4) is 6.07 Å². The van der Waals surface area contributed by atoms with Gasteiger partial charge in [-0.05, 0) is 70.2 Å². The number of fused-ring (bicyclic) bond motifs is 1. The van der Waals surface area contributed by atoms with Crippen LogP contribution in [0, 0.1) is 11.3 Å². The van der Waals surface area contributed by atoms with E-state index in [1.54, 1.807) is 18.2 Å². The van der Waals surface area contributed by atoms with Gasteiger partial charge in [-0.25, -0.2) is 14.6 Å². The van der Waals surface area contributed by atoms with Crippen molar-refractivity contribution in [1.82, 2.24) is 5.43 Å². The van der Waals surface area contributed by atoms with Crippen molar-refractivity contribution < 1.29 is 14.3 Å². The predicted octanol–water partition coefficient (Wildman–Crippen LogP) is 6.58. The van der Waals surface area contributed by atoms with E-state index < -0.39 is 12.3 Å². The fourth-order valence-electron chi connectivity index (χ4n) is 4.08. The first-order valence-electron chi connectivity index (χ1n) is 10.7. The Morgan fingerprint density at radius 2 is 1.88 bits per heavy atom. The molecule has 5 nitrogen and oxygen atoms in total. The molecule has 3 aromatic carbocycles. The van der Waals surface area contributed by atoms with Gasteiger partial charge >= 0.3 is 5.97 Å². The van der Waals surface area contributed by atoms with Crippen LogP contribution >= 0.6 is 11.6 Å². The van der Waals surface area contributed by atoms with Gasteiger partial charge < -0.3 is 10.5 Å². The molecule has 0 saturated carbocycles. The number of alkyl halides is 1. The molecule has 0 bridgehead atoms. The van der Waals surface area contributed by atoms with E-state index in [0.29, 0.717) is 28.3 Å². The van der Waals surface area contributed by atoms with E-state index in [1.807, 2.05) is 49.4 Å².